The molecule has 0 saturated carbocycles. The summed E-state index contributed by atoms with van der Waals surface area (Å²) in [7, 11) is 0. The van der Waals surface area contributed by atoms with Crippen molar-refractivity contribution >= 4 is 23.2 Å². The number of nitrogens with zero attached hydrogens (tertiary/aromatic N) is 1. The van der Waals surface area contributed by atoms with Crippen LogP contribution < -0.4 is 5.32 Å². The number of carbonyl (C=O) groups is 1. The molecule has 0 aliphatic rings. The fraction of sp³-hybridized carbons (Fsp3) is 0.417. The van der Waals surface area contributed by atoms with Crippen molar-refractivity contribution < 1.29 is 14.1 Å². The van der Waals surface area contributed by atoms with E-state index in [0.29, 0.717) is 0 Å². The number of amides is 1. The van der Waals surface area contributed by atoms with Gasteiger partial charge in [-0.3, -0.25) is 14.9 Å². The summed E-state index contributed by atoms with van der Waals surface area (Å²) in [5.41, 5.74) is -1.55. The number of alkyl halides is 1. The molecule has 1 rings (SSSR count). The zero-order valence-electron chi connectivity index (χ0n) is 10.7. The van der Waals surface area contributed by atoms with E-state index in [-0.39, 0.29) is 5.56 Å². The third kappa shape index (κ3) is 3.64. The standard InChI is InChI=1S/C12H14ClFN2O3/c1-7(13)12(2,3)15-11(17)9-6-8(14)4-5-10(9)16(18)19/h4-7H,1-3H3,(H,15,17). The van der Waals surface area contributed by atoms with Gasteiger partial charge in [0.1, 0.15) is 11.4 Å². The third-order valence-electron chi connectivity index (χ3n) is 2.83. The molecule has 19 heavy (non-hydrogen) atoms. The summed E-state index contributed by atoms with van der Waals surface area (Å²) in [6.45, 7) is 5.03. The number of benzene rings is 1. The molecule has 0 radical (unpaired) electrons. The first-order valence-electron chi connectivity index (χ1n) is 5.55. The van der Waals surface area contributed by atoms with E-state index < -0.39 is 33.3 Å². The summed E-state index contributed by atoms with van der Waals surface area (Å²) >= 11 is 5.91. The molecule has 1 amide bonds. The van der Waals surface area contributed by atoms with Crippen LogP contribution in [0, 0.1) is 15.9 Å². The molecule has 0 spiro atoms. The number of nitro benzene ring substituents is 1. The van der Waals surface area contributed by atoms with Gasteiger partial charge in [0.15, 0.2) is 0 Å². The van der Waals surface area contributed by atoms with Gasteiger partial charge in [-0.2, -0.15) is 0 Å². The summed E-state index contributed by atoms with van der Waals surface area (Å²) in [6.07, 6.45) is 0. The van der Waals surface area contributed by atoms with Crippen molar-refractivity contribution in [2.24, 2.45) is 0 Å². The van der Waals surface area contributed by atoms with E-state index in [2.05, 4.69) is 5.32 Å². The van der Waals surface area contributed by atoms with Crippen LogP contribution in [-0.4, -0.2) is 21.7 Å². The topological polar surface area (TPSA) is 72.2 Å². The fourth-order valence-corrected chi connectivity index (χ4v) is 1.36. The third-order valence-corrected chi connectivity index (χ3v) is 3.38. The van der Waals surface area contributed by atoms with Crippen LogP contribution in [-0.2, 0) is 0 Å². The molecule has 0 aliphatic heterocycles. The molecule has 1 aromatic carbocycles. The molecule has 7 heteroatoms. The van der Waals surface area contributed by atoms with E-state index in [1.54, 1.807) is 20.8 Å². The zero-order valence-corrected chi connectivity index (χ0v) is 11.5. The van der Waals surface area contributed by atoms with Crippen LogP contribution in [0.5, 0.6) is 0 Å². The average Bonchev–Trinajstić information content (AvgIpc) is 2.27. The number of nitrogens with one attached hydrogen (secondary N) is 1. The van der Waals surface area contributed by atoms with Crippen LogP contribution >= 0.6 is 11.6 Å². The Bertz CT molecular complexity index is 518. The lowest BCUT2D eigenvalue weighted by Crippen LogP contribution is -2.49. The largest absolute Gasteiger partial charge is 0.345 e. The van der Waals surface area contributed by atoms with Crippen LogP contribution in [0.2, 0.25) is 0 Å². The number of halogens is 2. The average molecular weight is 289 g/mol. The smallest absolute Gasteiger partial charge is 0.282 e. The second kappa shape index (κ2) is 5.52. The molecule has 1 unspecified atom stereocenters. The van der Waals surface area contributed by atoms with Crippen molar-refractivity contribution in [3.63, 3.8) is 0 Å². The zero-order chi connectivity index (χ0) is 14.8. The highest BCUT2D eigenvalue weighted by Gasteiger charge is 2.29. The Labute approximate surface area is 114 Å². The number of hydrogen-bond donors (Lipinski definition) is 1. The molecule has 1 N–H and O–H groups in total. The van der Waals surface area contributed by atoms with Crippen LogP contribution in [0.1, 0.15) is 31.1 Å². The highest BCUT2D eigenvalue weighted by atomic mass is 35.5. The van der Waals surface area contributed by atoms with E-state index in [0.717, 1.165) is 18.2 Å². The molecular formula is C12H14ClFN2O3. The minimum atomic E-state index is -0.779. The first-order chi connectivity index (χ1) is 8.65. The fourth-order valence-electron chi connectivity index (χ4n) is 1.31. The first kappa shape index (κ1) is 15.4. The van der Waals surface area contributed by atoms with Crippen molar-refractivity contribution in [2.45, 2.75) is 31.7 Å². The minimum absolute atomic E-state index is 0.324. The number of carbonyl (C=O) groups excluding carboxylic acids is 1. The van der Waals surface area contributed by atoms with E-state index in [4.69, 9.17) is 11.6 Å². The molecule has 0 saturated heterocycles. The number of hydrogen-bond acceptors (Lipinski definition) is 3. The summed E-state index contributed by atoms with van der Waals surface area (Å²) in [5, 5.41) is 13.0. The monoisotopic (exact) mass is 288 g/mol. The SMILES string of the molecule is CC(Cl)C(C)(C)NC(=O)c1cc(F)ccc1[N+](=O)[O-]. The Balaban J connectivity index is 3.13. The van der Waals surface area contributed by atoms with Gasteiger partial charge in [0.25, 0.3) is 11.6 Å². The molecular weight excluding hydrogens is 275 g/mol. The van der Waals surface area contributed by atoms with Gasteiger partial charge in [-0.25, -0.2) is 4.39 Å². The molecule has 104 valence electrons. The molecule has 5 nitrogen and oxygen atoms in total. The van der Waals surface area contributed by atoms with Gasteiger partial charge in [-0.05, 0) is 32.9 Å². The molecule has 0 fully saturated rings. The van der Waals surface area contributed by atoms with Crippen molar-refractivity contribution in [2.75, 3.05) is 0 Å². The van der Waals surface area contributed by atoms with Gasteiger partial charge in [-0.1, -0.05) is 0 Å². The molecule has 0 aromatic heterocycles. The maximum Gasteiger partial charge on any atom is 0.282 e. The Hall–Kier alpha value is -1.69. The van der Waals surface area contributed by atoms with Crippen LogP contribution in [0.25, 0.3) is 0 Å². The molecule has 1 aromatic rings. The van der Waals surface area contributed by atoms with Crippen molar-refractivity contribution in [1.82, 2.24) is 5.32 Å². The second-order valence-electron chi connectivity index (χ2n) is 4.71. The number of nitro groups is 1. The normalized spacial score (nSPS) is 12.9. The van der Waals surface area contributed by atoms with Crippen molar-refractivity contribution in [3.05, 3.63) is 39.7 Å². The maximum atomic E-state index is 13.1. The van der Waals surface area contributed by atoms with E-state index >= 15 is 0 Å². The summed E-state index contributed by atoms with van der Waals surface area (Å²) in [6, 6.07) is 2.73. The van der Waals surface area contributed by atoms with E-state index in [1.165, 1.54) is 0 Å². The van der Waals surface area contributed by atoms with Gasteiger partial charge in [-0.15, -0.1) is 11.6 Å². The van der Waals surface area contributed by atoms with Gasteiger partial charge in [0.05, 0.1) is 15.8 Å². The van der Waals surface area contributed by atoms with Gasteiger partial charge < -0.3 is 5.32 Å². The van der Waals surface area contributed by atoms with Gasteiger partial charge in [0.2, 0.25) is 0 Å². The van der Waals surface area contributed by atoms with Crippen molar-refractivity contribution in [3.8, 4) is 0 Å². The van der Waals surface area contributed by atoms with Crippen LogP contribution in [0.15, 0.2) is 18.2 Å². The van der Waals surface area contributed by atoms with E-state index in [9.17, 15) is 19.3 Å². The quantitative estimate of drug-likeness (QED) is 0.526. The summed E-state index contributed by atoms with van der Waals surface area (Å²) < 4.78 is 13.1. The molecule has 0 heterocycles. The minimum Gasteiger partial charge on any atom is -0.345 e. The Morgan fingerprint density at radius 2 is 2.11 bits per heavy atom. The maximum absolute atomic E-state index is 13.1. The lowest BCUT2D eigenvalue weighted by Gasteiger charge is -2.28. The van der Waals surface area contributed by atoms with Crippen molar-refractivity contribution in [1.29, 1.82) is 0 Å². The predicted molar refractivity (Wildman–Crippen MR) is 69.9 cm³/mol. The number of rotatable bonds is 4. The van der Waals surface area contributed by atoms with E-state index in [1.807, 2.05) is 0 Å². The Kier molecular flexibility index (Phi) is 4.47. The summed E-state index contributed by atoms with van der Waals surface area (Å²) in [4.78, 5) is 22.1. The Morgan fingerprint density at radius 3 is 2.58 bits per heavy atom. The first-order valence-corrected chi connectivity index (χ1v) is 5.99. The lowest BCUT2D eigenvalue weighted by molar-refractivity contribution is -0.385. The summed E-state index contributed by atoms with van der Waals surface area (Å²) in [5.74, 6) is -1.45. The predicted octanol–water partition coefficient (Wildman–Crippen LogP) is 2.87. The van der Waals surface area contributed by atoms with Crippen LogP contribution in [0.4, 0.5) is 10.1 Å². The lowest BCUT2D eigenvalue weighted by atomic mass is 10.0. The highest BCUT2D eigenvalue weighted by Crippen LogP contribution is 2.22. The Morgan fingerprint density at radius 1 is 1.53 bits per heavy atom. The molecule has 0 aliphatic carbocycles. The molecule has 1 atom stereocenters. The molecule has 0 bridgehead atoms. The van der Waals surface area contributed by atoms with Gasteiger partial charge in [0, 0.05) is 6.07 Å². The van der Waals surface area contributed by atoms with Crippen LogP contribution in [0.3, 0.4) is 0 Å². The second-order valence-corrected chi connectivity index (χ2v) is 5.37. The van der Waals surface area contributed by atoms with Gasteiger partial charge >= 0.3 is 0 Å². The highest BCUT2D eigenvalue weighted by molar-refractivity contribution is 6.21.